The molecule has 0 aliphatic heterocycles. The van der Waals surface area contributed by atoms with Crippen molar-refractivity contribution in [3.8, 4) is 0 Å². The number of hydrogen-bond acceptors (Lipinski definition) is 4. The molecule has 0 radical (unpaired) electrons. The third-order valence-corrected chi connectivity index (χ3v) is 1.63. The highest BCUT2D eigenvalue weighted by Crippen LogP contribution is 2.13. The Kier molecular flexibility index (Phi) is 5.34. The highest BCUT2D eigenvalue weighted by molar-refractivity contribution is 5.84. The average Bonchev–Trinajstić information content (AvgIpc) is 2.09. The van der Waals surface area contributed by atoms with E-state index in [1.807, 2.05) is 20.8 Å². The van der Waals surface area contributed by atoms with Gasteiger partial charge in [0, 0.05) is 5.41 Å². The van der Waals surface area contributed by atoms with E-state index in [4.69, 9.17) is 10.5 Å². The molecule has 0 heterocycles. The van der Waals surface area contributed by atoms with Crippen molar-refractivity contribution in [1.82, 2.24) is 5.32 Å². The van der Waals surface area contributed by atoms with Gasteiger partial charge in [-0.1, -0.05) is 20.8 Å². The normalized spacial score (nSPS) is 11.1. The highest BCUT2D eigenvalue weighted by atomic mass is 16.5. The topological polar surface area (TPSA) is 81.4 Å². The number of hydrogen-bond donors (Lipinski definition) is 2. The molecule has 0 atom stereocenters. The molecule has 5 heteroatoms. The van der Waals surface area contributed by atoms with Gasteiger partial charge in [0.1, 0.15) is 13.3 Å². The van der Waals surface area contributed by atoms with E-state index >= 15 is 0 Å². The molecule has 0 rings (SSSR count). The zero-order chi connectivity index (χ0) is 11.2. The number of ketones is 1. The Labute approximate surface area is 84.0 Å². The molecule has 0 spiro atoms. The van der Waals surface area contributed by atoms with Crippen LogP contribution >= 0.6 is 0 Å². The predicted molar refractivity (Wildman–Crippen MR) is 52.5 cm³/mol. The number of ether oxygens (including phenoxy) is 1. The molecule has 0 saturated heterocycles. The minimum absolute atomic E-state index is 0.000465. The van der Waals surface area contributed by atoms with E-state index in [0.29, 0.717) is 0 Å². The summed E-state index contributed by atoms with van der Waals surface area (Å²) in [6.45, 7) is 5.41. The van der Waals surface area contributed by atoms with Gasteiger partial charge >= 0.3 is 0 Å². The Morgan fingerprint density at radius 3 is 2.36 bits per heavy atom. The van der Waals surface area contributed by atoms with Crippen LogP contribution in [0.25, 0.3) is 0 Å². The highest BCUT2D eigenvalue weighted by Gasteiger charge is 2.20. The Morgan fingerprint density at radius 1 is 1.36 bits per heavy atom. The second kappa shape index (κ2) is 5.72. The molecule has 0 aromatic rings. The summed E-state index contributed by atoms with van der Waals surface area (Å²) in [4.78, 5) is 22.0. The molecule has 14 heavy (non-hydrogen) atoms. The fraction of sp³-hybridized carbons (Fsp3) is 0.778. The first kappa shape index (κ1) is 13.1. The summed E-state index contributed by atoms with van der Waals surface area (Å²) in [6.07, 6.45) is 0. The van der Waals surface area contributed by atoms with Gasteiger partial charge in [0.2, 0.25) is 5.91 Å². The van der Waals surface area contributed by atoms with Crippen LogP contribution in [0.1, 0.15) is 20.8 Å². The van der Waals surface area contributed by atoms with Gasteiger partial charge < -0.3 is 15.8 Å². The summed E-state index contributed by atoms with van der Waals surface area (Å²) in [5.41, 5.74) is 4.64. The van der Waals surface area contributed by atoms with E-state index < -0.39 is 5.41 Å². The first-order valence-electron chi connectivity index (χ1n) is 4.45. The zero-order valence-corrected chi connectivity index (χ0v) is 8.92. The number of carbonyl (C=O) groups excluding carboxylic acids is 2. The Morgan fingerprint density at radius 2 is 1.93 bits per heavy atom. The van der Waals surface area contributed by atoms with Crippen LogP contribution in [0.4, 0.5) is 0 Å². The molecule has 3 N–H and O–H groups in total. The molecule has 1 amide bonds. The maximum atomic E-state index is 11.3. The smallest absolute Gasteiger partial charge is 0.235 e. The van der Waals surface area contributed by atoms with Gasteiger partial charge in [0.15, 0.2) is 5.78 Å². The first-order chi connectivity index (χ1) is 6.38. The van der Waals surface area contributed by atoms with E-state index in [-0.39, 0.29) is 31.6 Å². The summed E-state index contributed by atoms with van der Waals surface area (Å²) >= 11 is 0. The van der Waals surface area contributed by atoms with Gasteiger partial charge in [-0.2, -0.15) is 0 Å². The molecule has 0 aliphatic carbocycles. The molecular formula is C9H18N2O3. The van der Waals surface area contributed by atoms with E-state index in [0.717, 1.165) is 0 Å². The molecule has 0 aromatic carbocycles. The van der Waals surface area contributed by atoms with Crippen molar-refractivity contribution in [3.63, 3.8) is 0 Å². The molecular weight excluding hydrogens is 184 g/mol. The quantitative estimate of drug-likeness (QED) is 0.471. The summed E-state index contributed by atoms with van der Waals surface area (Å²) < 4.78 is 4.96. The van der Waals surface area contributed by atoms with Crippen LogP contribution in [0.3, 0.4) is 0 Å². The zero-order valence-electron chi connectivity index (χ0n) is 8.92. The second-order valence-electron chi connectivity index (χ2n) is 3.97. The molecule has 82 valence electrons. The number of carbonyl (C=O) groups is 2. The molecule has 5 nitrogen and oxygen atoms in total. The molecule has 0 unspecified atom stereocenters. The van der Waals surface area contributed by atoms with Crippen LogP contribution in [0, 0.1) is 5.41 Å². The minimum Gasteiger partial charge on any atom is -0.353 e. The summed E-state index contributed by atoms with van der Waals surface area (Å²) in [7, 11) is 0. The Hall–Kier alpha value is -0.940. The fourth-order valence-electron chi connectivity index (χ4n) is 0.564. The van der Waals surface area contributed by atoms with Crippen molar-refractivity contribution in [3.05, 3.63) is 0 Å². The number of amides is 1. The van der Waals surface area contributed by atoms with E-state index in [9.17, 15) is 9.59 Å². The summed E-state index contributed by atoms with van der Waals surface area (Å²) in [5, 5.41) is 2.40. The molecule has 0 saturated carbocycles. The molecule has 0 fully saturated rings. The lowest BCUT2D eigenvalue weighted by Gasteiger charge is -2.16. The monoisotopic (exact) mass is 202 g/mol. The van der Waals surface area contributed by atoms with Crippen LogP contribution in [0.2, 0.25) is 0 Å². The van der Waals surface area contributed by atoms with Gasteiger partial charge in [-0.3, -0.25) is 9.59 Å². The Balaban J connectivity index is 3.56. The summed E-state index contributed by atoms with van der Waals surface area (Å²) in [5.74, 6) is -0.298. The maximum absolute atomic E-state index is 11.3. The second-order valence-corrected chi connectivity index (χ2v) is 3.97. The number of nitrogens with one attached hydrogen (secondary N) is 1. The van der Waals surface area contributed by atoms with Crippen LogP contribution in [-0.4, -0.2) is 31.6 Å². The summed E-state index contributed by atoms with van der Waals surface area (Å²) in [6, 6.07) is 0. The largest absolute Gasteiger partial charge is 0.353 e. The van der Waals surface area contributed by atoms with Crippen molar-refractivity contribution in [2.45, 2.75) is 20.8 Å². The third kappa shape index (κ3) is 5.66. The molecule has 0 aromatic heterocycles. The van der Waals surface area contributed by atoms with Crippen molar-refractivity contribution >= 4 is 11.7 Å². The number of nitrogens with two attached hydrogens (primary N) is 1. The van der Waals surface area contributed by atoms with Crippen molar-refractivity contribution in [2.75, 3.05) is 19.9 Å². The van der Waals surface area contributed by atoms with Crippen LogP contribution in [-0.2, 0) is 14.3 Å². The van der Waals surface area contributed by atoms with E-state index in [1.54, 1.807) is 0 Å². The van der Waals surface area contributed by atoms with Crippen molar-refractivity contribution in [2.24, 2.45) is 11.1 Å². The van der Waals surface area contributed by atoms with Crippen molar-refractivity contribution < 1.29 is 14.3 Å². The molecule has 0 bridgehead atoms. The fourth-order valence-corrected chi connectivity index (χ4v) is 0.564. The standard InChI is InChI=1S/C9H18N2O3/c1-9(2,3)7(12)5-14-6-11-8(13)4-10/h4-6,10H2,1-3H3,(H,11,13). The number of rotatable bonds is 5. The number of Topliss-reactive ketones (excluding diaryl/α,β-unsaturated/α-hetero) is 1. The van der Waals surface area contributed by atoms with Crippen LogP contribution in [0.15, 0.2) is 0 Å². The Bertz CT molecular complexity index is 209. The van der Waals surface area contributed by atoms with Gasteiger partial charge in [0.05, 0.1) is 6.54 Å². The van der Waals surface area contributed by atoms with Gasteiger partial charge in [0.25, 0.3) is 0 Å². The van der Waals surface area contributed by atoms with Gasteiger partial charge in [-0.15, -0.1) is 0 Å². The van der Waals surface area contributed by atoms with Gasteiger partial charge in [-0.05, 0) is 0 Å². The minimum atomic E-state index is -0.405. The van der Waals surface area contributed by atoms with Crippen LogP contribution in [0.5, 0.6) is 0 Å². The van der Waals surface area contributed by atoms with E-state index in [1.165, 1.54) is 0 Å². The first-order valence-corrected chi connectivity index (χ1v) is 4.45. The predicted octanol–water partition coefficient (Wildman–Crippen LogP) is -0.349. The SMILES string of the molecule is CC(C)(C)C(=O)COCNC(=O)CN. The lowest BCUT2D eigenvalue weighted by atomic mass is 9.91. The lowest BCUT2D eigenvalue weighted by molar-refractivity contribution is -0.132. The third-order valence-electron chi connectivity index (χ3n) is 1.63. The lowest BCUT2D eigenvalue weighted by Crippen LogP contribution is -2.34. The molecule has 0 aliphatic rings. The average molecular weight is 202 g/mol. The van der Waals surface area contributed by atoms with Gasteiger partial charge in [-0.25, -0.2) is 0 Å². The van der Waals surface area contributed by atoms with E-state index in [2.05, 4.69) is 5.32 Å². The maximum Gasteiger partial charge on any atom is 0.235 e. The van der Waals surface area contributed by atoms with Crippen molar-refractivity contribution in [1.29, 1.82) is 0 Å². The van der Waals surface area contributed by atoms with Crippen LogP contribution < -0.4 is 11.1 Å².